The van der Waals surface area contributed by atoms with Gasteiger partial charge < -0.3 is 20.9 Å². The van der Waals surface area contributed by atoms with Crippen molar-refractivity contribution in [2.75, 3.05) is 18.5 Å². The Kier molecular flexibility index (Phi) is 8.51. The van der Waals surface area contributed by atoms with Crippen LogP contribution < -0.4 is 15.8 Å². The number of nitrogens with one attached hydrogen (secondary N) is 1. The van der Waals surface area contributed by atoms with Crippen molar-refractivity contribution in [2.45, 2.75) is 46.5 Å². The third-order valence-corrected chi connectivity index (χ3v) is 6.83. The van der Waals surface area contributed by atoms with Crippen LogP contribution in [-0.4, -0.2) is 30.1 Å². The average molecular weight is 467 g/mol. The van der Waals surface area contributed by atoms with Crippen molar-refractivity contribution >= 4 is 40.6 Å². The van der Waals surface area contributed by atoms with Crippen molar-refractivity contribution in [3.8, 4) is 5.75 Å². The zero-order valence-electron chi connectivity index (χ0n) is 18.2. The van der Waals surface area contributed by atoms with E-state index in [1.165, 1.54) is 11.3 Å². The molecule has 0 fully saturated rings. The van der Waals surface area contributed by atoms with Crippen LogP contribution in [0.3, 0.4) is 0 Å². The molecule has 6 nitrogen and oxygen atoms in total. The van der Waals surface area contributed by atoms with Gasteiger partial charge in [0.2, 0.25) is 0 Å². The summed E-state index contributed by atoms with van der Waals surface area (Å²) in [7, 11) is 0. The molecule has 1 aliphatic carbocycles. The Hall–Kier alpha value is -2.09. The zero-order chi connectivity index (χ0) is 21.9. The topological polar surface area (TPSA) is 102 Å². The number of benzene rings is 1. The molecule has 1 unspecified atom stereocenters. The first-order valence-corrected chi connectivity index (χ1v) is 11.1. The van der Waals surface area contributed by atoms with E-state index in [0.717, 1.165) is 36.1 Å². The number of fused-ring (bicyclic) bond motifs is 1. The number of thiophene rings is 1. The first-order valence-electron chi connectivity index (χ1n) is 10.3. The van der Waals surface area contributed by atoms with Gasteiger partial charge in [-0.2, -0.15) is 0 Å². The molecular formula is C23H31ClN2O4S. The van der Waals surface area contributed by atoms with E-state index in [1.54, 1.807) is 24.3 Å². The number of anilines is 1. The maximum Gasteiger partial charge on any atom is 0.339 e. The predicted octanol–water partition coefficient (Wildman–Crippen LogP) is 5.00. The molecule has 3 rings (SSSR count). The maximum atomic E-state index is 12.7. The fraction of sp³-hybridized carbons (Fsp3) is 0.478. The molecule has 1 aromatic heterocycles. The Bertz CT molecular complexity index is 919. The van der Waals surface area contributed by atoms with E-state index in [1.807, 2.05) is 0 Å². The van der Waals surface area contributed by atoms with Crippen LogP contribution in [0, 0.1) is 11.3 Å². The monoisotopic (exact) mass is 466 g/mol. The second-order valence-corrected chi connectivity index (χ2v) is 9.89. The van der Waals surface area contributed by atoms with Gasteiger partial charge in [-0.05, 0) is 73.4 Å². The standard InChI is InChI=1S/C23H30N2O4S.ClH/c1-23(2,3)15-7-10-17-18(13-15)30-21(19(17)22(27)28)25-20(26)14-5-8-16(9-6-14)29-12-4-11-24;/h5-6,8-9,15H,4,7,10-13,24H2,1-3H3,(H,25,26)(H,27,28);1H. The Morgan fingerprint density at radius 1 is 1.26 bits per heavy atom. The van der Waals surface area contributed by atoms with Gasteiger partial charge >= 0.3 is 5.97 Å². The summed E-state index contributed by atoms with van der Waals surface area (Å²) in [5.41, 5.74) is 7.21. The normalized spacial score (nSPS) is 15.5. The van der Waals surface area contributed by atoms with Crippen LogP contribution in [0.4, 0.5) is 5.00 Å². The summed E-state index contributed by atoms with van der Waals surface area (Å²) in [6, 6.07) is 6.82. The lowest BCUT2D eigenvalue weighted by Gasteiger charge is -2.33. The summed E-state index contributed by atoms with van der Waals surface area (Å²) in [6.07, 6.45) is 3.32. The quantitative estimate of drug-likeness (QED) is 0.498. The van der Waals surface area contributed by atoms with E-state index < -0.39 is 5.97 Å². The SMILES string of the molecule is CC(C)(C)C1CCc2c(sc(NC(=O)c3ccc(OCCCN)cc3)c2C(=O)O)C1.Cl. The molecule has 2 aromatic rings. The molecule has 0 saturated carbocycles. The number of hydrogen-bond donors (Lipinski definition) is 3. The van der Waals surface area contributed by atoms with Crippen LogP contribution in [0.25, 0.3) is 0 Å². The van der Waals surface area contributed by atoms with Gasteiger partial charge in [0, 0.05) is 10.4 Å². The fourth-order valence-electron chi connectivity index (χ4n) is 3.79. The Morgan fingerprint density at radius 3 is 2.52 bits per heavy atom. The summed E-state index contributed by atoms with van der Waals surface area (Å²) < 4.78 is 5.56. The highest BCUT2D eigenvalue weighted by atomic mass is 35.5. The number of carbonyl (C=O) groups excluding carboxylic acids is 1. The molecule has 8 heteroatoms. The van der Waals surface area contributed by atoms with Crippen molar-refractivity contribution in [3.63, 3.8) is 0 Å². The lowest BCUT2D eigenvalue weighted by molar-refractivity contribution is 0.0696. The number of carbonyl (C=O) groups is 2. The minimum absolute atomic E-state index is 0. The van der Waals surface area contributed by atoms with E-state index >= 15 is 0 Å². The molecule has 1 amide bonds. The lowest BCUT2D eigenvalue weighted by Crippen LogP contribution is -2.26. The summed E-state index contributed by atoms with van der Waals surface area (Å²) in [4.78, 5) is 25.8. The molecule has 0 radical (unpaired) electrons. The van der Waals surface area contributed by atoms with Gasteiger partial charge in [0.15, 0.2) is 0 Å². The third kappa shape index (κ3) is 5.99. The maximum absolute atomic E-state index is 12.7. The van der Waals surface area contributed by atoms with Crippen LogP contribution >= 0.6 is 23.7 Å². The first-order chi connectivity index (χ1) is 14.2. The number of amides is 1. The van der Waals surface area contributed by atoms with E-state index in [2.05, 4.69) is 26.1 Å². The van der Waals surface area contributed by atoms with Gasteiger partial charge in [-0.25, -0.2) is 4.79 Å². The smallest absolute Gasteiger partial charge is 0.339 e. The van der Waals surface area contributed by atoms with E-state index in [9.17, 15) is 14.7 Å². The zero-order valence-corrected chi connectivity index (χ0v) is 19.8. The summed E-state index contributed by atoms with van der Waals surface area (Å²) in [5, 5.41) is 13.0. The van der Waals surface area contributed by atoms with Crippen LogP contribution in [0.2, 0.25) is 0 Å². The molecule has 1 atom stereocenters. The van der Waals surface area contributed by atoms with Crippen LogP contribution in [-0.2, 0) is 12.8 Å². The summed E-state index contributed by atoms with van der Waals surface area (Å²) >= 11 is 1.40. The summed E-state index contributed by atoms with van der Waals surface area (Å²) in [6.45, 7) is 7.76. The van der Waals surface area contributed by atoms with Gasteiger partial charge in [0.25, 0.3) is 5.91 Å². The molecule has 4 N–H and O–H groups in total. The fourth-order valence-corrected chi connectivity index (χ4v) is 5.11. The second kappa shape index (κ2) is 10.5. The third-order valence-electron chi connectivity index (χ3n) is 5.66. The summed E-state index contributed by atoms with van der Waals surface area (Å²) in [5.74, 6) is -0.135. The largest absolute Gasteiger partial charge is 0.494 e. The highest BCUT2D eigenvalue weighted by Gasteiger charge is 2.34. The van der Waals surface area contributed by atoms with Gasteiger partial charge in [0.05, 0.1) is 12.2 Å². The Morgan fingerprint density at radius 2 is 1.94 bits per heavy atom. The Balaban J connectivity index is 0.00000341. The first kappa shape index (κ1) is 25.2. The van der Waals surface area contributed by atoms with E-state index in [0.29, 0.717) is 35.4 Å². The molecule has 1 aliphatic rings. The number of hydrogen-bond acceptors (Lipinski definition) is 5. The Labute approximate surface area is 193 Å². The number of carboxylic acids is 1. The van der Waals surface area contributed by atoms with Crippen molar-refractivity contribution in [1.29, 1.82) is 0 Å². The van der Waals surface area contributed by atoms with Crippen molar-refractivity contribution in [2.24, 2.45) is 17.1 Å². The van der Waals surface area contributed by atoms with Gasteiger partial charge in [-0.3, -0.25) is 4.79 Å². The molecule has 170 valence electrons. The highest BCUT2D eigenvalue weighted by Crippen LogP contribution is 2.44. The molecule has 1 heterocycles. The number of ether oxygens (including phenoxy) is 1. The van der Waals surface area contributed by atoms with Crippen LogP contribution in [0.5, 0.6) is 5.75 Å². The number of aromatic carboxylic acids is 1. The van der Waals surface area contributed by atoms with E-state index in [-0.39, 0.29) is 29.3 Å². The van der Waals surface area contributed by atoms with Gasteiger partial charge in [0.1, 0.15) is 10.8 Å². The molecule has 31 heavy (non-hydrogen) atoms. The highest BCUT2D eigenvalue weighted by molar-refractivity contribution is 7.17. The van der Waals surface area contributed by atoms with Crippen LogP contribution in [0.15, 0.2) is 24.3 Å². The molecule has 0 spiro atoms. The number of carboxylic acid groups (broad SMARTS) is 1. The second-order valence-electron chi connectivity index (χ2n) is 8.79. The minimum Gasteiger partial charge on any atom is -0.494 e. The van der Waals surface area contributed by atoms with Crippen molar-refractivity contribution < 1.29 is 19.4 Å². The average Bonchev–Trinajstić information content (AvgIpc) is 3.05. The lowest BCUT2D eigenvalue weighted by atomic mass is 9.72. The van der Waals surface area contributed by atoms with E-state index in [4.69, 9.17) is 10.5 Å². The molecule has 0 saturated heterocycles. The number of halogens is 1. The predicted molar refractivity (Wildman–Crippen MR) is 127 cm³/mol. The van der Waals surface area contributed by atoms with Crippen molar-refractivity contribution in [1.82, 2.24) is 0 Å². The molecule has 0 bridgehead atoms. The molecule has 0 aliphatic heterocycles. The van der Waals surface area contributed by atoms with Crippen LogP contribution in [0.1, 0.15) is 64.8 Å². The van der Waals surface area contributed by atoms with Gasteiger partial charge in [-0.1, -0.05) is 20.8 Å². The number of nitrogens with two attached hydrogens (primary N) is 1. The number of rotatable bonds is 7. The van der Waals surface area contributed by atoms with Gasteiger partial charge in [-0.15, -0.1) is 23.7 Å². The molecular weight excluding hydrogens is 436 g/mol. The minimum atomic E-state index is -0.985. The molecule has 1 aromatic carbocycles. The van der Waals surface area contributed by atoms with Crippen molar-refractivity contribution in [3.05, 3.63) is 45.8 Å².